The van der Waals surface area contributed by atoms with Crippen LogP contribution in [0.3, 0.4) is 0 Å². The Hall–Kier alpha value is -0.910. The first kappa shape index (κ1) is 19.8. The van der Waals surface area contributed by atoms with E-state index in [2.05, 4.69) is 58.1 Å². The Morgan fingerprint density at radius 3 is 2.46 bits per heavy atom. The maximum absolute atomic E-state index is 6.29. The minimum absolute atomic E-state index is 0. The minimum Gasteiger partial charge on any atom is -0.340 e. The Kier molecular flexibility index (Phi) is 6.76. The fraction of sp³-hybridized carbons (Fsp3) is 0.400. The highest BCUT2D eigenvalue weighted by molar-refractivity contribution is 7.99. The second kappa shape index (κ2) is 8.85. The van der Waals surface area contributed by atoms with Crippen LogP contribution in [0.5, 0.6) is 0 Å². The first-order valence-corrected chi connectivity index (χ1v) is 10.1. The van der Waals surface area contributed by atoms with Crippen LogP contribution in [-0.4, -0.2) is 56.1 Å². The lowest BCUT2D eigenvalue weighted by Crippen LogP contribution is -2.45. The van der Waals surface area contributed by atoms with E-state index < -0.39 is 0 Å². The molecule has 0 aromatic heterocycles. The molecule has 140 valence electrons. The summed E-state index contributed by atoms with van der Waals surface area (Å²) in [7, 11) is 2.21. The van der Waals surface area contributed by atoms with Gasteiger partial charge in [-0.15, -0.1) is 12.4 Å². The van der Waals surface area contributed by atoms with Gasteiger partial charge < -0.3 is 14.7 Å². The number of rotatable bonds is 4. The molecule has 0 saturated carbocycles. The molecular weight excluding hydrogens is 385 g/mol. The van der Waals surface area contributed by atoms with Crippen molar-refractivity contribution < 1.29 is 0 Å². The summed E-state index contributed by atoms with van der Waals surface area (Å²) < 4.78 is 0. The van der Waals surface area contributed by atoms with E-state index in [1.165, 1.54) is 47.3 Å². The van der Waals surface area contributed by atoms with Crippen molar-refractivity contribution in [3.63, 3.8) is 0 Å². The van der Waals surface area contributed by atoms with Crippen molar-refractivity contribution in [3.8, 4) is 0 Å². The lowest BCUT2D eigenvalue weighted by Gasteiger charge is -2.35. The molecule has 0 spiro atoms. The van der Waals surface area contributed by atoms with E-state index >= 15 is 0 Å². The van der Waals surface area contributed by atoms with Gasteiger partial charge in [-0.1, -0.05) is 35.5 Å². The number of halogens is 2. The Morgan fingerprint density at radius 1 is 0.923 bits per heavy atom. The monoisotopic (exact) mass is 409 g/mol. The molecule has 0 unspecified atom stereocenters. The van der Waals surface area contributed by atoms with E-state index in [4.69, 9.17) is 11.6 Å². The summed E-state index contributed by atoms with van der Waals surface area (Å²) in [6.45, 7) is 6.92. The van der Waals surface area contributed by atoms with E-state index in [1.807, 2.05) is 17.8 Å². The van der Waals surface area contributed by atoms with Crippen molar-refractivity contribution in [2.45, 2.75) is 16.2 Å². The molecule has 2 aliphatic heterocycles. The Balaban J connectivity index is 0.00000196. The van der Waals surface area contributed by atoms with Crippen molar-refractivity contribution in [2.24, 2.45) is 0 Å². The Bertz CT molecular complexity index is 748. The summed E-state index contributed by atoms with van der Waals surface area (Å²) in [4.78, 5) is 10.1. The molecule has 0 N–H and O–H groups in total. The molecule has 2 heterocycles. The smallest absolute Gasteiger partial charge is 0.0567 e. The van der Waals surface area contributed by atoms with Crippen molar-refractivity contribution in [1.82, 2.24) is 9.80 Å². The maximum Gasteiger partial charge on any atom is 0.0567 e. The lowest BCUT2D eigenvalue weighted by atomic mass is 10.2. The Morgan fingerprint density at radius 2 is 1.65 bits per heavy atom. The third kappa shape index (κ3) is 4.32. The lowest BCUT2D eigenvalue weighted by molar-refractivity contribution is 0.153. The zero-order valence-electron chi connectivity index (χ0n) is 15.0. The number of benzene rings is 2. The molecule has 4 rings (SSSR count). The second-order valence-corrected chi connectivity index (χ2v) is 8.35. The van der Waals surface area contributed by atoms with Crippen LogP contribution < -0.4 is 4.90 Å². The van der Waals surface area contributed by atoms with Gasteiger partial charge in [0.05, 0.1) is 11.4 Å². The van der Waals surface area contributed by atoms with Crippen LogP contribution in [0.25, 0.3) is 0 Å². The van der Waals surface area contributed by atoms with Crippen LogP contribution in [-0.2, 0) is 0 Å². The summed E-state index contributed by atoms with van der Waals surface area (Å²) in [5, 5.41) is 0.808. The van der Waals surface area contributed by atoms with E-state index in [0.29, 0.717) is 0 Å². The van der Waals surface area contributed by atoms with E-state index in [1.54, 1.807) is 0 Å². The number of hydrogen-bond donors (Lipinski definition) is 0. The third-order valence-electron chi connectivity index (χ3n) is 5.04. The van der Waals surface area contributed by atoms with Gasteiger partial charge in [0.2, 0.25) is 0 Å². The van der Waals surface area contributed by atoms with Crippen LogP contribution in [0.1, 0.15) is 6.42 Å². The van der Waals surface area contributed by atoms with Gasteiger partial charge in [0.15, 0.2) is 0 Å². The molecule has 1 saturated heterocycles. The number of piperazine rings is 1. The van der Waals surface area contributed by atoms with Gasteiger partial charge in [-0.2, -0.15) is 0 Å². The zero-order chi connectivity index (χ0) is 17.2. The molecule has 6 heteroatoms. The standard InChI is InChI=1S/C20H24ClN3S.ClH/c1-22-11-13-23(14-12-22)9-4-10-24-17-5-2-3-6-19(17)25-20-8-7-16(21)15-18(20)24;/h2-3,5-8,15H,4,9-14H2,1H3;1H. The fourth-order valence-electron chi connectivity index (χ4n) is 3.57. The highest BCUT2D eigenvalue weighted by atomic mass is 35.5. The average molecular weight is 410 g/mol. The summed E-state index contributed by atoms with van der Waals surface area (Å²) in [5.74, 6) is 0. The molecule has 3 nitrogen and oxygen atoms in total. The fourth-order valence-corrected chi connectivity index (χ4v) is 4.81. The maximum atomic E-state index is 6.29. The highest BCUT2D eigenvalue weighted by Gasteiger charge is 2.23. The van der Waals surface area contributed by atoms with Crippen LogP contribution in [0.15, 0.2) is 52.3 Å². The van der Waals surface area contributed by atoms with Gasteiger partial charge in [-0.05, 0) is 50.3 Å². The minimum atomic E-state index is 0. The van der Waals surface area contributed by atoms with Gasteiger partial charge in [-0.3, -0.25) is 0 Å². The molecule has 2 aromatic rings. The first-order valence-electron chi connectivity index (χ1n) is 8.95. The topological polar surface area (TPSA) is 9.72 Å². The molecule has 2 aliphatic rings. The number of nitrogens with zero attached hydrogens (tertiary/aromatic N) is 3. The molecule has 1 fully saturated rings. The highest BCUT2D eigenvalue weighted by Crippen LogP contribution is 2.48. The molecule has 0 atom stereocenters. The number of hydrogen-bond acceptors (Lipinski definition) is 4. The summed E-state index contributed by atoms with van der Waals surface area (Å²) in [5.41, 5.74) is 2.55. The van der Waals surface area contributed by atoms with Crippen LogP contribution in [0, 0.1) is 0 Å². The van der Waals surface area contributed by atoms with Crippen LogP contribution >= 0.6 is 35.8 Å². The molecule has 0 bridgehead atoms. The number of fused-ring (bicyclic) bond motifs is 2. The number of anilines is 2. The van der Waals surface area contributed by atoms with Gasteiger partial charge in [0.1, 0.15) is 0 Å². The number of likely N-dealkylation sites (N-methyl/N-ethyl adjacent to an activating group) is 1. The number of para-hydroxylation sites is 1. The molecule has 2 aromatic carbocycles. The van der Waals surface area contributed by atoms with Crippen molar-refractivity contribution in [1.29, 1.82) is 0 Å². The zero-order valence-corrected chi connectivity index (χ0v) is 17.4. The Labute approximate surface area is 171 Å². The first-order chi connectivity index (χ1) is 12.2. The van der Waals surface area contributed by atoms with Crippen LogP contribution in [0.2, 0.25) is 5.02 Å². The molecule has 0 aliphatic carbocycles. The van der Waals surface area contributed by atoms with E-state index in [9.17, 15) is 0 Å². The molecule has 26 heavy (non-hydrogen) atoms. The van der Waals surface area contributed by atoms with Crippen molar-refractivity contribution in [3.05, 3.63) is 47.5 Å². The summed E-state index contributed by atoms with van der Waals surface area (Å²) in [6.07, 6.45) is 1.16. The second-order valence-electron chi connectivity index (χ2n) is 6.83. The van der Waals surface area contributed by atoms with Crippen molar-refractivity contribution >= 4 is 47.1 Å². The van der Waals surface area contributed by atoms with Gasteiger partial charge >= 0.3 is 0 Å². The summed E-state index contributed by atoms with van der Waals surface area (Å²) >= 11 is 8.13. The van der Waals surface area contributed by atoms with E-state index in [-0.39, 0.29) is 12.4 Å². The average Bonchev–Trinajstić information content (AvgIpc) is 2.63. The predicted molar refractivity (Wildman–Crippen MR) is 115 cm³/mol. The summed E-state index contributed by atoms with van der Waals surface area (Å²) in [6, 6.07) is 14.9. The van der Waals surface area contributed by atoms with Gasteiger partial charge in [0.25, 0.3) is 0 Å². The third-order valence-corrected chi connectivity index (χ3v) is 6.41. The van der Waals surface area contributed by atoms with Gasteiger partial charge in [-0.25, -0.2) is 0 Å². The van der Waals surface area contributed by atoms with Gasteiger partial charge in [0, 0.05) is 47.5 Å². The predicted octanol–water partition coefficient (Wildman–Crippen LogP) is 5.00. The quantitative estimate of drug-likeness (QED) is 0.701. The normalized spacial score (nSPS) is 17.4. The van der Waals surface area contributed by atoms with Crippen molar-refractivity contribution in [2.75, 3.05) is 51.2 Å². The van der Waals surface area contributed by atoms with E-state index in [0.717, 1.165) is 24.5 Å². The molecule has 0 amide bonds. The molecular formula is C20H25Cl2N3S. The molecule has 0 radical (unpaired) electrons. The largest absolute Gasteiger partial charge is 0.340 e. The van der Waals surface area contributed by atoms with Crippen LogP contribution in [0.4, 0.5) is 11.4 Å². The SMILES string of the molecule is CN1CCN(CCCN2c3ccccc3Sc3ccc(Cl)cc32)CC1.Cl.